The first-order valence-electron chi connectivity index (χ1n) is 40.2. The maximum atomic E-state index is 13.5. The average Bonchev–Trinajstić information content (AvgIpc) is 0.785. The molecule has 3 aliphatic rings. The molecular weight excluding hydrogens is 1250 g/mol. The molecule has 0 spiro atoms. The Morgan fingerprint density at radius 1 is 0.367 bits per heavy atom. The van der Waals surface area contributed by atoms with E-state index in [1.54, 1.807) is 6.08 Å². The van der Waals surface area contributed by atoms with Gasteiger partial charge in [-0.2, -0.15) is 0 Å². The van der Waals surface area contributed by atoms with Gasteiger partial charge >= 0.3 is 0 Å². The van der Waals surface area contributed by atoms with E-state index in [0.717, 1.165) is 51.4 Å². The van der Waals surface area contributed by atoms with E-state index in [-0.39, 0.29) is 18.9 Å². The van der Waals surface area contributed by atoms with Crippen LogP contribution in [0.4, 0.5) is 0 Å². The molecule has 0 saturated carbocycles. The van der Waals surface area contributed by atoms with E-state index in [1.165, 1.54) is 250 Å². The highest BCUT2D eigenvalue weighted by Gasteiger charge is 2.54. The predicted molar refractivity (Wildman–Crippen MR) is 388 cm³/mol. The van der Waals surface area contributed by atoms with Crippen molar-refractivity contribution in [2.24, 2.45) is 0 Å². The summed E-state index contributed by atoms with van der Waals surface area (Å²) < 4.78 is 34.4. The number of hydrogen-bond acceptors (Lipinski definition) is 18. The van der Waals surface area contributed by atoms with Crippen LogP contribution in [0.15, 0.2) is 36.5 Å². The SMILES string of the molecule is CCCCCCC/C=C\C/C=C\CCCCCCCCCCCCCCCCCCCCCCCCCC(=O)NC(COC1OC(CO)C(OC2OC(CO)C(OC3OC(CO)C(O)C(O)C3O)C(O)C2O)C(O)C1O)C(O)/C=C/CCCCCCCCCCCCCCCCCC. The summed E-state index contributed by atoms with van der Waals surface area (Å²) in [4.78, 5) is 13.5. The minimum absolute atomic E-state index is 0.248. The zero-order valence-electron chi connectivity index (χ0n) is 61.5. The largest absolute Gasteiger partial charge is 0.394 e. The van der Waals surface area contributed by atoms with E-state index in [0.29, 0.717) is 6.42 Å². The van der Waals surface area contributed by atoms with E-state index >= 15 is 0 Å². The van der Waals surface area contributed by atoms with Crippen molar-refractivity contribution in [3.63, 3.8) is 0 Å². The highest BCUT2D eigenvalue weighted by molar-refractivity contribution is 5.76. The van der Waals surface area contributed by atoms with Crippen LogP contribution < -0.4 is 5.32 Å². The zero-order valence-corrected chi connectivity index (χ0v) is 61.5. The van der Waals surface area contributed by atoms with Crippen molar-refractivity contribution in [3.8, 4) is 0 Å². The molecule has 12 N–H and O–H groups in total. The lowest BCUT2D eigenvalue weighted by atomic mass is 9.96. The van der Waals surface area contributed by atoms with Crippen molar-refractivity contribution >= 4 is 5.91 Å². The van der Waals surface area contributed by atoms with Gasteiger partial charge in [-0.25, -0.2) is 0 Å². The third kappa shape index (κ3) is 40.3. The molecule has 576 valence electrons. The van der Waals surface area contributed by atoms with Crippen LogP contribution in [-0.2, 0) is 33.2 Å². The molecule has 19 nitrogen and oxygen atoms in total. The second-order valence-corrected chi connectivity index (χ2v) is 28.9. The number of hydrogen-bond donors (Lipinski definition) is 12. The molecule has 0 aromatic heterocycles. The van der Waals surface area contributed by atoms with Gasteiger partial charge in [-0.3, -0.25) is 4.79 Å². The number of amides is 1. The van der Waals surface area contributed by atoms with Gasteiger partial charge in [0.15, 0.2) is 18.9 Å². The molecule has 19 heteroatoms. The first-order chi connectivity index (χ1) is 47.8. The first kappa shape index (κ1) is 90.2. The normalized spacial score (nSPS) is 26.9. The van der Waals surface area contributed by atoms with Crippen molar-refractivity contribution in [1.82, 2.24) is 5.32 Å². The number of aliphatic hydroxyl groups is 11. The Morgan fingerprint density at radius 3 is 1.04 bits per heavy atom. The van der Waals surface area contributed by atoms with Crippen LogP contribution in [0, 0.1) is 0 Å². The summed E-state index contributed by atoms with van der Waals surface area (Å²) in [5.41, 5.74) is 0. The molecule has 3 rings (SSSR count). The van der Waals surface area contributed by atoms with Crippen LogP contribution in [-0.4, -0.2) is 193 Å². The number of unbranched alkanes of at least 4 members (excludes halogenated alkanes) is 44. The molecule has 0 bridgehead atoms. The molecular formula is C79H147NO18. The Balaban J connectivity index is 1.33. The van der Waals surface area contributed by atoms with Crippen LogP contribution >= 0.6 is 0 Å². The summed E-state index contributed by atoms with van der Waals surface area (Å²) in [5.74, 6) is -0.269. The third-order valence-corrected chi connectivity index (χ3v) is 20.2. The Labute approximate surface area is 593 Å². The molecule has 0 radical (unpaired) electrons. The molecule has 3 heterocycles. The van der Waals surface area contributed by atoms with Gasteiger partial charge < -0.3 is 89.9 Å². The fraction of sp³-hybridized carbons (Fsp3) is 0.911. The van der Waals surface area contributed by atoms with Gasteiger partial charge in [-0.1, -0.05) is 307 Å². The standard InChI is InChI=1S/C79H147NO18/c1-3-5-7-9-11-13-15-17-19-21-23-24-25-26-27-28-29-30-31-32-33-34-35-36-37-38-39-41-43-45-47-49-51-53-55-57-67(85)80-62(63(84)56-54-52-50-48-46-44-42-40-22-20-18-16-14-12-10-8-6-4-2)61-93-77-73(91)70(88)75(65(59-82)95-77)98-79-74(92)71(89)76(66(60-83)96-79)97-78-72(90)69(87)68(86)64(58-81)94-78/h15,17,21,23,54,56,62-66,68-79,81-84,86-92H,3-14,16,18-20,22,24-53,55,57-61H2,1-2H3,(H,80,85)/b17-15-,23-21-,56-54+. The molecule has 0 aromatic rings. The highest BCUT2D eigenvalue weighted by Crippen LogP contribution is 2.33. The topological polar surface area (TPSA) is 307 Å². The van der Waals surface area contributed by atoms with Crippen molar-refractivity contribution in [2.45, 2.75) is 433 Å². The Morgan fingerprint density at radius 2 is 0.673 bits per heavy atom. The number of nitrogens with one attached hydrogen (secondary N) is 1. The van der Waals surface area contributed by atoms with E-state index < -0.39 is 124 Å². The van der Waals surface area contributed by atoms with E-state index in [4.69, 9.17) is 28.4 Å². The van der Waals surface area contributed by atoms with Crippen LogP contribution in [0.25, 0.3) is 0 Å². The maximum Gasteiger partial charge on any atom is 0.220 e. The molecule has 98 heavy (non-hydrogen) atoms. The third-order valence-electron chi connectivity index (χ3n) is 20.2. The Bertz CT molecular complexity index is 1910. The summed E-state index contributed by atoms with van der Waals surface area (Å²) in [7, 11) is 0. The fourth-order valence-electron chi connectivity index (χ4n) is 13.7. The van der Waals surface area contributed by atoms with Crippen LogP contribution in [0.2, 0.25) is 0 Å². The summed E-state index contributed by atoms with van der Waals surface area (Å²) in [6, 6.07) is -0.972. The summed E-state index contributed by atoms with van der Waals surface area (Å²) in [6.07, 6.45) is 47.1. The second kappa shape index (κ2) is 60.3. The minimum Gasteiger partial charge on any atom is -0.394 e. The Kier molecular flexibility index (Phi) is 55.5. The van der Waals surface area contributed by atoms with Crippen LogP contribution in [0.3, 0.4) is 0 Å². The van der Waals surface area contributed by atoms with Gasteiger partial charge in [0.25, 0.3) is 0 Å². The van der Waals surface area contributed by atoms with Gasteiger partial charge in [-0.15, -0.1) is 0 Å². The number of ether oxygens (including phenoxy) is 6. The van der Waals surface area contributed by atoms with Gasteiger partial charge in [-0.05, 0) is 51.4 Å². The summed E-state index contributed by atoms with van der Waals surface area (Å²) in [5, 5.41) is 121. The average molecular weight is 1400 g/mol. The fourth-order valence-corrected chi connectivity index (χ4v) is 13.7. The van der Waals surface area contributed by atoms with Gasteiger partial charge in [0.05, 0.1) is 38.6 Å². The number of aliphatic hydroxyl groups excluding tert-OH is 11. The van der Waals surface area contributed by atoms with Gasteiger partial charge in [0, 0.05) is 6.42 Å². The molecule has 3 saturated heterocycles. The molecule has 0 aromatic carbocycles. The lowest BCUT2D eigenvalue weighted by molar-refractivity contribution is -0.379. The van der Waals surface area contributed by atoms with E-state index in [9.17, 15) is 61.0 Å². The van der Waals surface area contributed by atoms with Crippen molar-refractivity contribution < 1.29 is 89.4 Å². The van der Waals surface area contributed by atoms with Crippen molar-refractivity contribution in [1.29, 1.82) is 0 Å². The van der Waals surface area contributed by atoms with E-state index in [2.05, 4.69) is 43.5 Å². The molecule has 17 unspecified atom stereocenters. The molecule has 17 atom stereocenters. The number of carbonyl (C=O) groups excluding carboxylic acids is 1. The van der Waals surface area contributed by atoms with Crippen LogP contribution in [0.1, 0.15) is 328 Å². The predicted octanol–water partition coefficient (Wildman–Crippen LogP) is 13.1. The van der Waals surface area contributed by atoms with Crippen molar-refractivity contribution in [3.05, 3.63) is 36.5 Å². The highest BCUT2D eigenvalue weighted by atomic mass is 16.8. The lowest BCUT2D eigenvalue weighted by Gasteiger charge is -2.48. The van der Waals surface area contributed by atoms with Crippen molar-refractivity contribution in [2.75, 3.05) is 26.4 Å². The summed E-state index contributed by atoms with van der Waals surface area (Å²) >= 11 is 0. The maximum absolute atomic E-state index is 13.5. The first-order valence-corrected chi connectivity index (χ1v) is 40.2. The van der Waals surface area contributed by atoms with Gasteiger partial charge in [0.2, 0.25) is 5.91 Å². The van der Waals surface area contributed by atoms with Crippen LogP contribution in [0.5, 0.6) is 0 Å². The van der Waals surface area contributed by atoms with Gasteiger partial charge in [0.1, 0.15) is 73.2 Å². The summed E-state index contributed by atoms with van der Waals surface area (Å²) in [6.45, 7) is 1.77. The van der Waals surface area contributed by atoms with E-state index in [1.807, 2.05) is 6.08 Å². The number of allylic oxidation sites excluding steroid dienone is 5. The zero-order chi connectivity index (χ0) is 71.1. The molecule has 3 aliphatic heterocycles. The molecule has 3 fully saturated rings. The molecule has 0 aliphatic carbocycles. The molecule has 1 amide bonds. The number of carbonyl (C=O) groups is 1. The second-order valence-electron chi connectivity index (χ2n) is 28.9. The monoisotopic (exact) mass is 1400 g/mol. The lowest BCUT2D eigenvalue weighted by Crippen LogP contribution is -2.66. The number of rotatable bonds is 64. The smallest absolute Gasteiger partial charge is 0.220 e. The Hall–Kier alpha value is -1.99. The minimum atomic E-state index is -1.98. The quantitative estimate of drug-likeness (QED) is 0.0199.